The number of aromatic nitrogens is 2. The van der Waals surface area contributed by atoms with Crippen LogP contribution in [0.5, 0.6) is 0 Å². The van der Waals surface area contributed by atoms with Crippen LogP contribution >= 0.6 is 0 Å². The molecule has 2 N–H and O–H groups in total. The van der Waals surface area contributed by atoms with E-state index in [1.54, 1.807) is 30.3 Å². The Morgan fingerprint density at radius 2 is 1.89 bits per heavy atom. The summed E-state index contributed by atoms with van der Waals surface area (Å²) in [4.78, 5) is 10.8. The average Bonchev–Trinajstić information content (AvgIpc) is 2.73. The fourth-order valence-electron chi connectivity index (χ4n) is 1.70. The van der Waals surface area contributed by atoms with Crippen molar-refractivity contribution in [1.29, 1.82) is 0 Å². The third kappa shape index (κ3) is 2.93. The minimum atomic E-state index is -4.59. The van der Waals surface area contributed by atoms with Gasteiger partial charge in [-0.05, 0) is 5.56 Å². The van der Waals surface area contributed by atoms with Crippen LogP contribution in [0.2, 0.25) is 0 Å². The van der Waals surface area contributed by atoms with Gasteiger partial charge in [-0.3, -0.25) is 9.48 Å². The summed E-state index contributed by atoms with van der Waals surface area (Å²) in [6.45, 7) is -0.393. The van der Waals surface area contributed by atoms with Crippen LogP contribution in [0.4, 0.5) is 13.2 Å². The van der Waals surface area contributed by atoms with E-state index in [2.05, 4.69) is 5.10 Å². The highest BCUT2D eigenvalue weighted by molar-refractivity contribution is 5.74. The van der Waals surface area contributed by atoms with Crippen molar-refractivity contribution >= 4 is 5.91 Å². The lowest BCUT2D eigenvalue weighted by molar-refractivity contribution is -0.141. The fourth-order valence-corrected chi connectivity index (χ4v) is 1.70. The molecule has 1 amide bonds. The number of halogens is 3. The molecule has 1 heterocycles. The highest BCUT2D eigenvalue weighted by atomic mass is 19.4. The lowest BCUT2D eigenvalue weighted by Gasteiger charge is -2.05. The summed E-state index contributed by atoms with van der Waals surface area (Å²) < 4.78 is 39.6. The monoisotopic (exact) mass is 269 g/mol. The molecule has 0 saturated carbocycles. The van der Waals surface area contributed by atoms with Crippen molar-refractivity contribution in [2.75, 3.05) is 0 Å². The molecule has 0 spiro atoms. The maximum atomic E-state index is 12.9. The first-order valence-electron chi connectivity index (χ1n) is 5.36. The molecular weight excluding hydrogens is 259 g/mol. The van der Waals surface area contributed by atoms with E-state index in [4.69, 9.17) is 5.73 Å². The number of hydrogen-bond acceptors (Lipinski definition) is 2. The van der Waals surface area contributed by atoms with Gasteiger partial charge in [0.2, 0.25) is 5.91 Å². The van der Waals surface area contributed by atoms with Gasteiger partial charge < -0.3 is 5.73 Å². The predicted octanol–water partition coefficient (Wildman–Crippen LogP) is 2.05. The number of benzene rings is 1. The predicted molar refractivity (Wildman–Crippen MR) is 61.9 cm³/mol. The van der Waals surface area contributed by atoms with Gasteiger partial charge >= 0.3 is 6.18 Å². The smallest absolute Gasteiger partial charge is 0.368 e. The zero-order chi connectivity index (χ0) is 14.0. The first-order valence-corrected chi connectivity index (χ1v) is 5.36. The molecule has 19 heavy (non-hydrogen) atoms. The minimum absolute atomic E-state index is 0.0747. The maximum absolute atomic E-state index is 12.9. The molecule has 0 bridgehead atoms. The van der Waals surface area contributed by atoms with Crippen molar-refractivity contribution in [2.45, 2.75) is 12.7 Å². The van der Waals surface area contributed by atoms with Crippen LogP contribution in [0.25, 0.3) is 11.1 Å². The van der Waals surface area contributed by atoms with Crippen LogP contribution in [-0.2, 0) is 17.5 Å². The summed E-state index contributed by atoms with van der Waals surface area (Å²) in [6, 6.07) is 8.04. The summed E-state index contributed by atoms with van der Waals surface area (Å²) in [5.41, 5.74) is 4.23. The second-order valence-corrected chi connectivity index (χ2v) is 3.92. The molecular formula is C12H10F3N3O. The van der Waals surface area contributed by atoms with E-state index < -0.39 is 24.3 Å². The van der Waals surface area contributed by atoms with Gasteiger partial charge in [-0.2, -0.15) is 18.3 Å². The molecule has 0 saturated heterocycles. The van der Waals surface area contributed by atoms with Crippen molar-refractivity contribution in [1.82, 2.24) is 9.78 Å². The van der Waals surface area contributed by atoms with E-state index in [9.17, 15) is 18.0 Å². The number of nitrogens with two attached hydrogens (primary N) is 1. The number of nitrogens with zero attached hydrogens (tertiary/aromatic N) is 2. The molecule has 100 valence electrons. The van der Waals surface area contributed by atoms with Gasteiger partial charge in [-0.25, -0.2) is 0 Å². The fraction of sp³-hybridized carbons (Fsp3) is 0.167. The van der Waals surface area contributed by atoms with Crippen molar-refractivity contribution in [3.05, 3.63) is 42.2 Å². The van der Waals surface area contributed by atoms with E-state index in [0.717, 1.165) is 4.68 Å². The molecule has 0 aliphatic heterocycles. The number of amides is 1. The number of hydrogen-bond donors (Lipinski definition) is 1. The zero-order valence-electron chi connectivity index (χ0n) is 9.69. The normalized spacial score (nSPS) is 11.5. The first-order chi connectivity index (χ1) is 8.88. The van der Waals surface area contributed by atoms with Gasteiger partial charge in [0.25, 0.3) is 0 Å². The van der Waals surface area contributed by atoms with E-state index >= 15 is 0 Å². The lowest BCUT2D eigenvalue weighted by Crippen LogP contribution is -2.19. The van der Waals surface area contributed by atoms with Gasteiger partial charge in [0, 0.05) is 11.8 Å². The standard InChI is InChI=1S/C12H10F3N3O/c13-12(14,15)11-9(8-4-2-1-3-5-8)6-18(17-11)7-10(16)19/h1-6H,7H2,(H2,16,19). The Kier molecular flexibility index (Phi) is 3.28. The molecule has 0 atom stereocenters. The summed E-state index contributed by atoms with van der Waals surface area (Å²) in [7, 11) is 0. The van der Waals surface area contributed by atoms with Gasteiger partial charge in [-0.1, -0.05) is 30.3 Å². The van der Waals surface area contributed by atoms with E-state index in [1.165, 1.54) is 6.20 Å². The second kappa shape index (κ2) is 4.75. The van der Waals surface area contributed by atoms with Crippen molar-refractivity contribution in [2.24, 2.45) is 5.73 Å². The highest BCUT2D eigenvalue weighted by Crippen LogP contribution is 2.35. The first kappa shape index (κ1) is 13.1. The van der Waals surface area contributed by atoms with Crippen LogP contribution in [0.3, 0.4) is 0 Å². The number of carbonyl (C=O) groups is 1. The van der Waals surface area contributed by atoms with Gasteiger partial charge in [0.1, 0.15) is 6.54 Å². The SMILES string of the molecule is NC(=O)Cn1cc(-c2ccccc2)c(C(F)(F)F)n1. The molecule has 4 nitrogen and oxygen atoms in total. The number of alkyl halides is 3. The van der Waals surface area contributed by atoms with Crippen LogP contribution in [-0.4, -0.2) is 15.7 Å². The van der Waals surface area contributed by atoms with Crippen molar-refractivity contribution in [3.63, 3.8) is 0 Å². The molecule has 0 aliphatic carbocycles. The maximum Gasteiger partial charge on any atom is 0.435 e. The lowest BCUT2D eigenvalue weighted by atomic mass is 10.1. The van der Waals surface area contributed by atoms with Gasteiger partial charge in [0.15, 0.2) is 5.69 Å². The Morgan fingerprint density at radius 1 is 1.26 bits per heavy atom. The highest BCUT2D eigenvalue weighted by Gasteiger charge is 2.37. The third-order valence-electron chi connectivity index (χ3n) is 2.43. The molecule has 7 heteroatoms. The van der Waals surface area contributed by atoms with Crippen LogP contribution in [0.1, 0.15) is 5.69 Å². The zero-order valence-corrected chi connectivity index (χ0v) is 9.69. The molecule has 0 radical (unpaired) electrons. The Labute approximate surface area is 106 Å². The van der Waals surface area contributed by atoms with Gasteiger partial charge in [0.05, 0.1) is 0 Å². The largest absolute Gasteiger partial charge is 0.435 e. The summed E-state index contributed by atoms with van der Waals surface area (Å²) >= 11 is 0. The Morgan fingerprint density at radius 3 is 2.42 bits per heavy atom. The third-order valence-corrected chi connectivity index (χ3v) is 2.43. The number of carbonyl (C=O) groups excluding carboxylic acids is 1. The van der Waals surface area contributed by atoms with E-state index in [1.807, 2.05) is 0 Å². The van der Waals surface area contributed by atoms with E-state index in [0.29, 0.717) is 5.56 Å². The summed E-state index contributed by atoms with van der Waals surface area (Å²) in [5.74, 6) is -0.754. The summed E-state index contributed by atoms with van der Waals surface area (Å²) in [6.07, 6.45) is -3.42. The molecule has 0 aliphatic rings. The molecule has 0 fully saturated rings. The number of rotatable bonds is 3. The quantitative estimate of drug-likeness (QED) is 0.927. The topological polar surface area (TPSA) is 60.9 Å². The Balaban J connectivity index is 2.52. The minimum Gasteiger partial charge on any atom is -0.368 e. The number of primary amides is 1. The summed E-state index contributed by atoms with van der Waals surface area (Å²) in [5, 5.41) is 3.39. The Bertz CT molecular complexity index is 590. The molecule has 0 unspecified atom stereocenters. The van der Waals surface area contributed by atoms with Crippen molar-refractivity contribution in [3.8, 4) is 11.1 Å². The van der Waals surface area contributed by atoms with E-state index in [-0.39, 0.29) is 5.56 Å². The molecule has 1 aromatic carbocycles. The average molecular weight is 269 g/mol. The molecule has 2 aromatic rings. The van der Waals surface area contributed by atoms with Crippen LogP contribution in [0.15, 0.2) is 36.5 Å². The Hall–Kier alpha value is -2.31. The van der Waals surface area contributed by atoms with Crippen molar-refractivity contribution < 1.29 is 18.0 Å². The van der Waals surface area contributed by atoms with Gasteiger partial charge in [-0.15, -0.1) is 0 Å². The second-order valence-electron chi connectivity index (χ2n) is 3.92. The molecule has 1 aromatic heterocycles. The van der Waals surface area contributed by atoms with Crippen LogP contribution < -0.4 is 5.73 Å². The van der Waals surface area contributed by atoms with Crippen LogP contribution in [0, 0.1) is 0 Å². The molecule has 2 rings (SSSR count).